The van der Waals surface area contributed by atoms with E-state index in [-0.39, 0.29) is 17.7 Å². The fourth-order valence-corrected chi connectivity index (χ4v) is 3.09. The zero-order valence-electron chi connectivity index (χ0n) is 15.4. The van der Waals surface area contributed by atoms with Crippen molar-refractivity contribution in [1.82, 2.24) is 14.8 Å². The monoisotopic (exact) mass is 392 g/mol. The molecule has 1 aliphatic heterocycles. The highest BCUT2D eigenvalue weighted by Gasteiger charge is 2.21. The number of oxazole rings is 1. The van der Waals surface area contributed by atoms with E-state index in [1.807, 2.05) is 6.92 Å². The smallest absolute Gasteiger partial charge is 0.277 e. The molecular formula is C19H25ClN4O3. The van der Waals surface area contributed by atoms with Gasteiger partial charge in [-0.05, 0) is 30.7 Å². The minimum Gasteiger partial charge on any atom is -0.447 e. The number of rotatable bonds is 7. The first kappa shape index (κ1) is 19.8. The Labute approximate surface area is 163 Å². The fraction of sp³-hybridized carbons (Fsp3) is 0.474. The van der Waals surface area contributed by atoms with E-state index in [0.29, 0.717) is 23.1 Å². The average molecular weight is 393 g/mol. The number of amides is 1. The molecule has 1 amide bonds. The molecule has 0 saturated carbocycles. The molecule has 2 N–H and O–H groups in total. The lowest BCUT2D eigenvalue weighted by atomic mass is 10.2. The molecule has 3 rings (SSSR count). The van der Waals surface area contributed by atoms with Crippen molar-refractivity contribution >= 4 is 23.2 Å². The molecule has 146 valence electrons. The van der Waals surface area contributed by atoms with Crippen molar-refractivity contribution in [3.8, 4) is 0 Å². The maximum absolute atomic E-state index is 12.3. The molecule has 1 atom stereocenters. The summed E-state index contributed by atoms with van der Waals surface area (Å²) in [7, 11) is 0. The molecule has 2 heterocycles. The van der Waals surface area contributed by atoms with Crippen molar-refractivity contribution in [1.29, 1.82) is 0 Å². The number of hydrogen-bond acceptors (Lipinski definition) is 6. The van der Waals surface area contributed by atoms with E-state index in [4.69, 9.17) is 16.0 Å². The first-order valence-electron chi connectivity index (χ1n) is 9.17. The molecule has 27 heavy (non-hydrogen) atoms. The van der Waals surface area contributed by atoms with Crippen LogP contribution in [0.15, 0.2) is 34.9 Å². The van der Waals surface area contributed by atoms with Gasteiger partial charge in [0.05, 0.1) is 12.6 Å². The van der Waals surface area contributed by atoms with Crippen LogP contribution in [0, 0.1) is 0 Å². The summed E-state index contributed by atoms with van der Waals surface area (Å²) >= 11 is 5.84. The van der Waals surface area contributed by atoms with Gasteiger partial charge in [0, 0.05) is 43.4 Å². The van der Waals surface area contributed by atoms with Gasteiger partial charge in [0.25, 0.3) is 5.91 Å². The maximum Gasteiger partial charge on any atom is 0.277 e. The van der Waals surface area contributed by atoms with Gasteiger partial charge < -0.3 is 14.8 Å². The van der Waals surface area contributed by atoms with Gasteiger partial charge >= 0.3 is 0 Å². The van der Waals surface area contributed by atoms with Crippen molar-refractivity contribution in [2.45, 2.75) is 26.0 Å². The van der Waals surface area contributed by atoms with Crippen LogP contribution in [-0.4, -0.2) is 64.6 Å². The minimum absolute atomic E-state index is 0.254. The normalized spacial score (nSPS) is 17.0. The maximum atomic E-state index is 12.3. The molecule has 0 spiro atoms. The topological polar surface area (TPSA) is 81.8 Å². The summed E-state index contributed by atoms with van der Waals surface area (Å²) in [6, 6.07) is 6.89. The zero-order chi connectivity index (χ0) is 19.2. The Bertz CT molecular complexity index is 742. The highest BCUT2D eigenvalue weighted by Crippen LogP contribution is 2.15. The number of halogens is 1. The van der Waals surface area contributed by atoms with Crippen molar-refractivity contribution in [3.63, 3.8) is 0 Å². The summed E-state index contributed by atoms with van der Waals surface area (Å²) < 4.78 is 5.47. The van der Waals surface area contributed by atoms with Gasteiger partial charge in [0.1, 0.15) is 6.26 Å². The number of nitrogens with one attached hydrogen (secondary N) is 1. The van der Waals surface area contributed by atoms with Gasteiger partial charge in [-0.2, -0.15) is 0 Å². The first-order valence-corrected chi connectivity index (χ1v) is 9.55. The molecule has 1 saturated heterocycles. The van der Waals surface area contributed by atoms with Crippen LogP contribution in [0.1, 0.15) is 29.7 Å². The molecule has 7 nitrogen and oxygen atoms in total. The number of aromatic nitrogens is 1. The molecule has 1 fully saturated rings. The lowest BCUT2D eigenvalue weighted by Gasteiger charge is -2.34. The summed E-state index contributed by atoms with van der Waals surface area (Å²) in [6.45, 7) is 6.85. The number of aliphatic hydroxyl groups is 1. The Morgan fingerprint density at radius 2 is 1.93 bits per heavy atom. The third-order valence-electron chi connectivity index (χ3n) is 4.65. The van der Waals surface area contributed by atoms with E-state index >= 15 is 0 Å². The van der Waals surface area contributed by atoms with Gasteiger partial charge in [0.2, 0.25) is 5.89 Å². The van der Waals surface area contributed by atoms with E-state index in [1.165, 1.54) is 6.26 Å². The van der Waals surface area contributed by atoms with E-state index in [9.17, 15) is 9.90 Å². The summed E-state index contributed by atoms with van der Waals surface area (Å²) in [6.07, 6.45) is 1.90. The zero-order valence-corrected chi connectivity index (χ0v) is 16.2. The second-order valence-electron chi connectivity index (χ2n) is 6.73. The van der Waals surface area contributed by atoms with Gasteiger partial charge in [-0.15, -0.1) is 0 Å². The van der Waals surface area contributed by atoms with Crippen LogP contribution in [0.3, 0.4) is 0 Å². The van der Waals surface area contributed by atoms with Crippen LogP contribution in [0.2, 0.25) is 5.02 Å². The molecule has 8 heteroatoms. The van der Waals surface area contributed by atoms with E-state index in [1.54, 1.807) is 24.3 Å². The van der Waals surface area contributed by atoms with Crippen LogP contribution in [-0.2, 0) is 6.54 Å². The van der Waals surface area contributed by atoms with Crippen molar-refractivity contribution < 1.29 is 14.3 Å². The third kappa shape index (κ3) is 5.77. The number of hydrogen-bond donors (Lipinski definition) is 2. The molecule has 1 aliphatic rings. The average Bonchev–Trinajstić information content (AvgIpc) is 3.14. The second-order valence-corrected chi connectivity index (χ2v) is 7.16. The van der Waals surface area contributed by atoms with E-state index in [0.717, 1.165) is 39.1 Å². The Morgan fingerprint density at radius 3 is 2.59 bits per heavy atom. The SMILES string of the molecule is CC[C@@H](O)CN1CCN(Cc2nc(C(=O)Nc3ccc(Cl)cc3)co2)CC1. The largest absolute Gasteiger partial charge is 0.447 e. The number of anilines is 1. The van der Waals surface area contributed by atoms with Gasteiger partial charge in [-0.1, -0.05) is 18.5 Å². The number of carbonyl (C=O) groups is 1. The summed E-state index contributed by atoms with van der Waals surface area (Å²) in [4.78, 5) is 21.1. The number of benzene rings is 1. The number of nitrogens with zero attached hydrogens (tertiary/aromatic N) is 3. The first-order chi connectivity index (χ1) is 13.0. The van der Waals surface area contributed by atoms with Crippen LogP contribution in [0.5, 0.6) is 0 Å². The predicted molar refractivity (Wildman–Crippen MR) is 104 cm³/mol. The number of aliphatic hydroxyl groups excluding tert-OH is 1. The van der Waals surface area contributed by atoms with Crippen LogP contribution >= 0.6 is 11.6 Å². The van der Waals surface area contributed by atoms with Crippen molar-refractivity contribution in [2.24, 2.45) is 0 Å². The standard InChI is InChI=1S/C19H25ClN4O3/c1-2-16(25)11-23-7-9-24(10-8-23)12-18-22-17(13-27-18)19(26)21-15-5-3-14(20)4-6-15/h3-6,13,16,25H,2,7-12H2,1H3,(H,21,26)/t16-/m1/s1. The molecule has 1 aromatic carbocycles. The van der Waals surface area contributed by atoms with Crippen molar-refractivity contribution in [2.75, 3.05) is 38.0 Å². The van der Waals surface area contributed by atoms with Crippen LogP contribution in [0.4, 0.5) is 5.69 Å². The van der Waals surface area contributed by atoms with Gasteiger partial charge in [-0.3, -0.25) is 14.6 Å². The lowest BCUT2D eigenvalue weighted by molar-refractivity contribution is 0.0658. The van der Waals surface area contributed by atoms with Gasteiger partial charge in [-0.25, -0.2) is 4.98 Å². The molecule has 2 aromatic rings. The molecule has 0 unspecified atom stereocenters. The Balaban J connectivity index is 1.48. The highest BCUT2D eigenvalue weighted by atomic mass is 35.5. The number of carbonyl (C=O) groups excluding carboxylic acids is 1. The third-order valence-corrected chi connectivity index (χ3v) is 4.90. The molecule has 1 aromatic heterocycles. The van der Waals surface area contributed by atoms with E-state index in [2.05, 4.69) is 20.1 Å². The number of β-amino-alcohol motifs (C(OH)–C–C–N with tert-alkyl or cyclic N) is 1. The van der Waals surface area contributed by atoms with Gasteiger partial charge in [0.15, 0.2) is 5.69 Å². The molecule has 0 bridgehead atoms. The Hall–Kier alpha value is -1.93. The quantitative estimate of drug-likeness (QED) is 0.753. The highest BCUT2D eigenvalue weighted by molar-refractivity contribution is 6.30. The molecule has 0 aliphatic carbocycles. The Kier molecular flexibility index (Phi) is 6.84. The van der Waals surface area contributed by atoms with E-state index < -0.39 is 0 Å². The number of piperazine rings is 1. The summed E-state index contributed by atoms with van der Waals surface area (Å²) in [5, 5.41) is 13.1. The summed E-state index contributed by atoms with van der Waals surface area (Å²) in [5.74, 6) is 0.212. The van der Waals surface area contributed by atoms with Crippen LogP contribution in [0.25, 0.3) is 0 Å². The minimum atomic E-state index is -0.314. The summed E-state index contributed by atoms with van der Waals surface area (Å²) in [5.41, 5.74) is 0.906. The predicted octanol–water partition coefficient (Wildman–Crippen LogP) is 2.47. The fourth-order valence-electron chi connectivity index (χ4n) is 2.96. The van der Waals surface area contributed by atoms with Crippen molar-refractivity contribution in [3.05, 3.63) is 47.1 Å². The molecular weight excluding hydrogens is 368 g/mol. The Morgan fingerprint density at radius 1 is 1.26 bits per heavy atom. The second kappa shape index (κ2) is 9.32. The van der Waals surface area contributed by atoms with Crippen LogP contribution < -0.4 is 5.32 Å². The molecule has 0 radical (unpaired) electrons. The lowest BCUT2D eigenvalue weighted by Crippen LogP contribution is -2.48.